The maximum Gasteiger partial charge on any atom is 0.203 e. The molecule has 11 heavy (non-hydrogen) atoms. The number of hydrogen-bond acceptors (Lipinski definition) is 3. The number of Topliss-reactive ketones (excluding diaryl/α,β-unsaturated/α-hetero) is 1. The SMILES string of the molecule is N=CC(=O)c1cccc(O)c1. The minimum atomic E-state index is -0.402. The van der Waals surface area contributed by atoms with Crippen molar-refractivity contribution in [2.75, 3.05) is 0 Å². The second kappa shape index (κ2) is 2.96. The minimum absolute atomic E-state index is 0.0395. The normalized spacial score (nSPS) is 9.09. The molecule has 0 saturated carbocycles. The Morgan fingerprint density at radius 1 is 1.55 bits per heavy atom. The number of carbonyl (C=O) groups is 1. The second-order valence-corrected chi connectivity index (χ2v) is 2.06. The van der Waals surface area contributed by atoms with Gasteiger partial charge in [0.15, 0.2) is 0 Å². The van der Waals surface area contributed by atoms with E-state index < -0.39 is 5.78 Å². The summed E-state index contributed by atoms with van der Waals surface area (Å²) in [5, 5.41) is 15.6. The van der Waals surface area contributed by atoms with Crippen LogP contribution in [0.15, 0.2) is 24.3 Å². The summed E-state index contributed by atoms with van der Waals surface area (Å²) in [6.45, 7) is 0. The summed E-state index contributed by atoms with van der Waals surface area (Å²) < 4.78 is 0. The van der Waals surface area contributed by atoms with Gasteiger partial charge in [-0.2, -0.15) is 0 Å². The van der Waals surface area contributed by atoms with Crippen LogP contribution < -0.4 is 0 Å². The van der Waals surface area contributed by atoms with Gasteiger partial charge >= 0.3 is 0 Å². The van der Waals surface area contributed by atoms with E-state index in [-0.39, 0.29) is 5.75 Å². The first-order chi connectivity index (χ1) is 5.24. The van der Waals surface area contributed by atoms with Gasteiger partial charge in [-0.3, -0.25) is 4.79 Å². The maximum atomic E-state index is 10.8. The van der Waals surface area contributed by atoms with Crippen LogP contribution >= 0.6 is 0 Å². The quantitative estimate of drug-likeness (QED) is 0.490. The molecule has 0 heterocycles. The van der Waals surface area contributed by atoms with E-state index in [0.29, 0.717) is 5.56 Å². The molecule has 0 aliphatic heterocycles. The van der Waals surface area contributed by atoms with Crippen LogP contribution in [0.5, 0.6) is 5.75 Å². The van der Waals surface area contributed by atoms with Crippen molar-refractivity contribution in [3.05, 3.63) is 29.8 Å². The fraction of sp³-hybridized carbons (Fsp3) is 0. The highest BCUT2D eigenvalue weighted by atomic mass is 16.3. The standard InChI is InChI=1S/C8H7NO2/c9-5-8(11)6-2-1-3-7(10)4-6/h1-5,9-10H. The zero-order valence-electron chi connectivity index (χ0n) is 5.74. The Balaban J connectivity index is 3.05. The van der Waals surface area contributed by atoms with Crippen LogP contribution in [0.3, 0.4) is 0 Å². The molecule has 0 aromatic heterocycles. The lowest BCUT2D eigenvalue weighted by atomic mass is 10.1. The van der Waals surface area contributed by atoms with Gasteiger partial charge in [-0.1, -0.05) is 12.1 Å². The molecule has 1 aromatic carbocycles. The van der Waals surface area contributed by atoms with Crippen molar-refractivity contribution >= 4 is 12.0 Å². The Morgan fingerprint density at radius 2 is 2.27 bits per heavy atom. The fourth-order valence-corrected chi connectivity index (χ4v) is 0.743. The highest BCUT2D eigenvalue weighted by Crippen LogP contribution is 2.10. The fourth-order valence-electron chi connectivity index (χ4n) is 0.743. The van der Waals surface area contributed by atoms with Gasteiger partial charge in [0.1, 0.15) is 5.75 Å². The Labute approximate surface area is 63.8 Å². The number of hydrogen-bond donors (Lipinski definition) is 2. The largest absolute Gasteiger partial charge is 0.508 e. The lowest BCUT2D eigenvalue weighted by Gasteiger charge is -1.94. The summed E-state index contributed by atoms with van der Waals surface area (Å²) in [5.74, 6) is -0.362. The van der Waals surface area contributed by atoms with Crippen molar-refractivity contribution in [3.8, 4) is 5.75 Å². The van der Waals surface area contributed by atoms with E-state index >= 15 is 0 Å². The van der Waals surface area contributed by atoms with E-state index in [1.165, 1.54) is 12.1 Å². The van der Waals surface area contributed by atoms with Crippen LogP contribution in [-0.4, -0.2) is 17.1 Å². The van der Waals surface area contributed by atoms with Gasteiger partial charge in [0.25, 0.3) is 0 Å². The predicted octanol–water partition coefficient (Wildman–Crippen LogP) is 1.22. The molecule has 3 heteroatoms. The van der Waals surface area contributed by atoms with Crippen LogP contribution in [0, 0.1) is 5.41 Å². The van der Waals surface area contributed by atoms with E-state index in [4.69, 9.17) is 10.5 Å². The third-order valence-electron chi connectivity index (χ3n) is 1.26. The number of carbonyl (C=O) groups excluding carboxylic acids is 1. The Bertz CT molecular complexity index is 294. The third-order valence-corrected chi connectivity index (χ3v) is 1.26. The van der Waals surface area contributed by atoms with E-state index in [1.807, 2.05) is 0 Å². The molecule has 0 atom stereocenters. The van der Waals surface area contributed by atoms with E-state index in [0.717, 1.165) is 6.21 Å². The number of ketones is 1. The van der Waals surface area contributed by atoms with Crippen LogP contribution in [0.25, 0.3) is 0 Å². The smallest absolute Gasteiger partial charge is 0.203 e. The molecule has 1 aromatic rings. The van der Waals surface area contributed by atoms with Crippen molar-refractivity contribution in [3.63, 3.8) is 0 Å². The number of phenolic OH excluding ortho intramolecular Hbond substituents is 1. The number of benzene rings is 1. The molecule has 0 amide bonds. The number of nitrogens with one attached hydrogen (secondary N) is 1. The van der Waals surface area contributed by atoms with Gasteiger partial charge in [-0.05, 0) is 12.1 Å². The summed E-state index contributed by atoms with van der Waals surface area (Å²) in [5.41, 5.74) is 0.333. The van der Waals surface area contributed by atoms with E-state index in [9.17, 15) is 4.79 Å². The Hall–Kier alpha value is -1.64. The van der Waals surface area contributed by atoms with Crippen LogP contribution in [-0.2, 0) is 0 Å². The van der Waals surface area contributed by atoms with E-state index in [2.05, 4.69) is 0 Å². The topological polar surface area (TPSA) is 61.2 Å². The Morgan fingerprint density at radius 3 is 2.82 bits per heavy atom. The van der Waals surface area contributed by atoms with Crippen LogP contribution in [0.2, 0.25) is 0 Å². The number of rotatable bonds is 2. The molecule has 3 nitrogen and oxygen atoms in total. The zero-order valence-corrected chi connectivity index (χ0v) is 5.74. The van der Waals surface area contributed by atoms with E-state index in [1.54, 1.807) is 12.1 Å². The molecule has 1 rings (SSSR count). The van der Waals surface area contributed by atoms with Crippen molar-refractivity contribution in [1.82, 2.24) is 0 Å². The van der Waals surface area contributed by atoms with Gasteiger partial charge < -0.3 is 10.5 Å². The highest BCUT2D eigenvalue weighted by molar-refractivity contribution is 6.34. The molecule has 0 fully saturated rings. The first kappa shape index (κ1) is 7.47. The molecule has 0 radical (unpaired) electrons. The van der Waals surface area contributed by atoms with Gasteiger partial charge in [0.05, 0.1) is 6.21 Å². The van der Waals surface area contributed by atoms with Gasteiger partial charge in [-0.25, -0.2) is 0 Å². The summed E-state index contributed by atoms with van der Waals surface area (Å²) in [6.07, 6.45) is 0.717. The molecule has 2 N–H and O–H groups in total. The molecule has 0 saturated heterocycles. The average Bonchev–Trinajstić information content (AvgIpc) is 2.03. The molecular weight excluding hydrogens is 142 g/mol. The van der Waals surface area contributed by atoms with Crippen molar-refractivity contribution in [2.45, 2.75) is 0 Å². The van der Waals surface area contributed by atoms with Gasteiger partial charge in [-0.15, -0.1) is 0 Å². The van der Waals surface area contributed by atoms with Crippen molar-refractivity contribution in [2.24, 2.45) is 0 Å². The first-order valence-corrected chi connectivity index (χ1v) is 3.08. The predicted molar refractivity (Wildman–Crippen MR) is 41.2 cm³/mol. The molecular formula is C8H7NO2. The number of phenols is 1. The highest BCUT2D eigenvalue weighted by Gasteiger charge is 2.00. The first-order valence-electron chi connectivity index (χ1n) is 3.08. The second-order valence-electron chi connectivity index (χ2n) is 2.06. The average molecular weight is 149 g/mol. The zero-order chi connectivity index (χ0) is 8.27. The molecule has 0 spiro atoms. The minimum Gasteiger partial charge on any atom is -0.508 e. The molecule has 0 bridgehead atoms. The summed E-state index contributed by atoms with van der Waals surface area (Å²) in [7, 11) is 0. The summed E-state index contributed by atoms with van der Waals surface area (Å²) in [4.78, 5) is 10.8. The van der Waals surface area contributed by atoms with Gasteiger partial charge in [0.2, 0.25) is 5.78 Å². The lowest BCUT2D eigenvalue weighted by molar-refractivity contribution is 0.107. The Kier molecular flexibility index (Phi) is 2.01. The summed E-state index contributed by atoms with van der Waals surface area (Å²) >= 11 is 0. The van der Waals surface area contributed by atoms with Crippen LogP contribution in [0.4, 0.5) is 0 Å². The molecule has 0 aliphatic carbocycles. The molecule has 0 aliphatic rings. The molecule has 0 unspecified atom stereocenters. The van der Waals surface area contributed by atoms with Crippen LogP contribution in [0.1, 0.15) is 10.4 Å². The maximum absolute atomic E-state index is 10.8. The number of aromatic hydroxyl groups is 1. The molecule has 56 valence electrons. The summed E-state index contributed by atoms with van der Waals surface area (Å²) in [6, 6.07) is 5.91. The van der Waals surface area contributed by atoms with Gasteiger partial charge in [0, 0.05) is 5.56 Å². The van der Waals surface area contributed by atoms with Crippen molar-refractivity contribution in [1.29, 1.82) is 5.41 Å². The monoisotopic (exact) mass is 149 g/mol. The lowest BCUT2D eigenvalue weighted by Crippen LogP contribution is -1.97. The third kappa shape index (κ3) is 1.64. The van der Waals surface area contributed by atoms with Crippen molar-refractivity contribution < 1.29 is 9.90 Å².